The Kier molecular flexibility index (Phi) is 6.93. The summed E-state index contributed by atoms with van der Waals surface area (Å²) in [6.07, 6.45) is 2.24. The summed E-state index contributed by atoms with van der Waals surface area (Å²) in [5.41, 5.74) is 0.587. The molecule has 0 unspecified atom stereocenters. The number of phenolic OH excluding ortho intramolecular Hbond substituents is 1. The largest absolute Gasteiger partial charge is 0.503 e. The highest BCUT2D eigenvalue weighted by atomic mass is 79.9. The van der Waals surface area contributed by atoms with E-state index in [-0.39, 0.29) is 17.4 Å². The molecule has 1 atom stereocenters. The zero-order valence-electron chi connectivity index (χ0n) is 12.8. The Morgan fingerprint density at radius 1 is 1.55 bits per heavy atom. The van der Waals surface area contributed by atoms with Crippen LogP contribution in [0.2, 0.25) is 0 Å². The number of aromatic hydroxyl groups is 1. The van der Waals surface area contributed by atoms with E-state index in [1.165, 1.54) is 6.08 Å². The number of carbonyl (C=O) groups excluding carboxylic acids is 1. The van der Waals surface area contributed by atoms with Crippen LogP contribution >= 0.6 is 15.9 Å². The van der Waals surface area contributed by atoms with Gasteiger partial charge in [0.2, 0.25) is 0 Å². The summed E-state index contributed by atoms with van der Waals surface area (Å²) in [6.45, 7) is 6.02. The average molecular weight is 367 g/mol. The van der Waals surface area contributed by atoms with E-state index in [2.05, 4.69) is 21.2 Å². The second-order valence-corrected chi connectivity index (χ2v) is 5.59. The van der Waals surface area contributed by atoms with Crippen LogP contribution in [0.25, 0.3) is 6.08 Å². The van der Waals surface area contributed by atoms with Crippen LogP contribution in [-0.4, -0.2) is 23.7 Å². The SMILES string of the molecule is CCOc1cc(/C=C(\C#N)C(=O)N[C@@H](C)CC)cc(Br)c1O. The molecule has 0 bridgehead atoms. The third kappa shape index (κ3) is 4.78. The van der Waals surface area contributed by atoms with Crippen molar-refractivity contribution in [2.45, 2.75) is 33.2 Å². The quantitative estimate of drug-likeness (QED) is 0.597. The summed E-state index contributed by atoms with van der Waals surface area (Å²) in [5, 5.41) is 21.8. The summed E-state index contributed by atoms with van der Waals surface area (Å²) in [6, 6.07) is 5.09. The third-order valence-electron chi connectivity index (χ3n) is 3.02. The van der Waals surface area contributed by atoms with E-state index in [1.54, 1.807) is 19.1 Å². The van der Waals surface area contributed by atoms with Gasteiger partial charge in [0.15, 0.2) is 11.5 Å². The van der Waals surface area contributed by atoms with Crippen molar-refractivity contribution in [2.24, 2.45) is 0 Å². The Labute approximate surface area is 138 Å². The lowest BCUT2D eigenvalue weighted by molar-refractivity contribution is -0.117. The van der Waals surface area contributed by atoms with Gasteiger partial charge in [0.25, 0.3) is 5.91 Å². The molecule has 22 heavy (non-hydrogen) atoms. The number of nitriles is 1. The predicted molar refractivity (Wildman–Crippen MR) is 88.5 cm³/mol. The molecule has 0 radical (unpaired) electrons. The molecule has 5 nitrogen and oxygen atoms in total. The number of phenols is 1. The topological polar surface area (TPSA) is 82.3 Å². The van der Waals surface area contributed by atoms with Gasteiger partial charge in [0, 0.05) is 6.04 Å². The highest BCUT2D eigenvalue weighted by molar-refractivity contribution is 9.10. The maximum absolute atomic E-state index is 12.0. The van der Waals surface area contributed by atoms with Crippen LogP contribution in [0.4, 0.5) is 0 Å². The van der Waals surface area contributed by atoms with Crippen molar-refractivity contribution in [2.75, 3.05) is 6.61 Å². The Morgan fingerprint density at radius 3 is 2.77 bits per heavy atom. The van der Waals surface area contributed by atoms with Gasteiger partial charge in [-0.05, 0) is 60.0 Å². The van der Waals surface area contributed by atoms with Gasteiger partial charge in [-0.15, -0.1) is 0 Å². The van der Waals surface area contributed by atoms with Gasteiger partial charge in [-0.3, -0.25) is 4.79 Å². The summed E-state index contributed by atoms with van der Waals surface area (Å²) in [5.74, 6) is -0.136. The van der Waals surface area contributed by atoms with Crippen LogP contribution in [0.15, 0.2) is 22.2 Å². The Hall–Kier alpha value is -2.00. The smallest absolute Gasteiger partial charge is 0.262 e. The molecule has 2 N–H and O–H groups in total. The van der Waals surface area contributed by atoms with E-state index in [0.717, 1.165) is 6.42 Å². The maximum atomic E-state index is 12.0. The molecule has 0 fully saturated rings. The molecular weight excluding hydrogens is 348 g/mol. The number of halogens is 1. The van der Waals surface area contributed by atoms with E-state index in [9.17, 15) is 9.90 Å². The minimum atomic E-state index is -0.418. The second kappa shape index (κ2) is 8.44. The second-order valence-electron chi connectivity index (χ2n) is 4.74. The molecule has 0 aliphatic heterocycles. The fourth-order valence-electron chi connectivity index (χ4n) is 1.66. The maximum Gasteiger partial charge on any atom is 0.262 e. The summed E-state index contributed by atoms with van der Waals surface area (Å²) < 4.78 is 5.76. The number of rotatable bonds is 6. The summed E-state index contributed by atoms with van der Waals surface area (Å²) in [4.78, 5) is 12.0. The van der Waals surface area contributed by atoms with Crippen molar-refractivity contribution in [3.8, 4) is 17.6 Å². The Morgan fingerprint density at radius 2 is 2.23 bits per heavy atom. The number of hydrogen-bond donors (Lipinski definition) is 2. The first-order valence-electron chi connectivity index (χ1n) is 7.00. The number of nitrogens with zero attached hydrogens (tertiary/aromatic N) is 1. The molecule has 0 saturated carbocycles. The predicted octanol–water partition coefficient (Wildman–Crippen LogP) is 3.38. The van der Waals surface area contributed by atoms with Crippen molar-refractivity contribution in [3.63, 3.8) is 0 Å². The number of carbonyl (C=O) groups is 1. The van der Waals surface area contributed by atoms with Gasteiger partial charge >= 0.3 is 0 Å². The summed E-state index contributed by atoms with van der Waals surface area (Å²) in [7, 11) is 0. The lowest BCUT2D eigenvalue weighted by atomic mass is 10.1. The molecule has 0 spiro atoms. The summed E-state index contributed by atoms with van der Waals surface area (Å²) >= 11 is 3.22. The Balaban J connectivity index is 3.13. The molecular formula is C16H19BrN2O3. The van der Waals surface area contributed by atoms with Crippen molar-refractivity contribution >= 4 is 27.9 Å². The number of ether oxygens (including phenoxy) is 1. The Bertz CT molecular complexity index is 621. The minimum Gasteiger partial charge on any atom is -0.503 e. The molecule has 1 amide bonds. The van der Waals surface area contributed by atoms with Gasteiger partial charge in [-0.25, -0.2) is 0 Å². The number of benzene rings is 1. The molecule has 0 aliphatic carbocycles. The molecule has 1 aromatic rings. The van der Waals surface area contributed by atoms with E-state index >= 15 is 0 Å². The van der Waals surface area contributed by atoms with Crippen LogP contribution in [0.5, 0.6) is 11.5 Å². The lowest BCUT2D eigenvalue weighted by Gasteiger charge is -2.11. The monoisotopic (exact) mass is 366 g/mol. The fourth-order valence-corrected chi connectivity index (χ4v) is 2.12. The number of amides is 1. The van der Waals surface area contributed by atoms with Crippen molar-refractivity contribution in [1.29, 1.82) is 5.26 Å². The van der Waals surface area contributed by atoms with Gasteiger partial charge < -0.3 is 15.2 Å². The molecule has 1 rings (SSSR count). The lowest BCUT2D eigenvalue weighted by Crippen LogP contribution is -2.32. The van der Waals surface area contributed by atoms with Crippen LogP contribution in [-0.2, 0) is 4.79 Å². The molecule has 1 aromatic carbocycles. The van der Waals surface area contributed by atoms with Gasteiger partial charge in [-0.1, -0.05) is 6.92 Å². The fraction of sp³-hybridized carbons (Fsp3) is 0.375. The molecule has 0 aliphatic rings. The highest BCUT2D eigenvalue weighted by Crippen LogP contribution is 2.36. The first-order chi connectivity index (χ1) is 10.4. The third-order valence-corrected chi connectivity index (χ3v) is 3.62. The zero-order chi connectivity index (χ0) is 16.7. The van der Waals surface area contributed by atoms with Crippen molar-refractivity contribution in [3.05, 3.63) is 27.7 Å². The van der Waals surface area contributed by atoms with Crippen LogP contribution in [0, 0.1) is 11.3 Å². The molecule has 0 aromatic heterocycles. The molecule has 6 heteroatoms. The van der Waals surface area contributed by atoms with E-state index in [1.807, 2.05) is 19.9 Å². The van der Waals surface area contributed by atoms with Gasteiger partial charge in [0.05, 0.1) is 11.1 Å². The number of nitrogens with one attached hydrogen (secondary N) is 1. The average Bonchev–Trinajstić information content (AvgIpc) is 2.49. The van der Waals surface area contributed by atoms with Gasteiger partial charge in [-0.2, -0.15) is 5.26 Å². The van der Waals surface area contributed by atoms with Gasteiger partial charge in [0.1, 0.15) is 11.6 Å². The van der Waals surface area contributed by atoms with Crippen LogP contribution in [0.1, 0.15) is 32.8 Å². The van der Waals surface area contributed by atoms with Crippen molar-refractivity contribution < 1.29 is 14.6 Å². The molecule has 0 saturated heterocycles. The minimum absolute atomic E-state index is 0.000313. The standard InChI is InChI=1S/C16H19BrN2O3/c1-4-10(3)19-16(21)12(9-18)6-11-7-13(17)15(20)14(8-11)22-5-2/h6-8,10,20H,4-5H2,1-3H3,(H,19,21)/b12-6+/t10-/m0/s1. The van der Waals surface area contributed by atoms with Crippen molar-refractivity contribution in [1.82, 2.24) is 5.32 Å². The van der Waals surface area contributed by atoms with Crippen LogP contribution < -0.4 is 10.1 Å². The molecule has 118 valence electrons. The zero-order valence-corrected chi connectivity index (χ0v) is 14.4. The highest BCUT2D eigenvalue weighted by Gasteiger charge is 2.13. The molecule has 0 heterocycles. The normalized spacial score (nSPS) is 12.4. The van der Waals surface area contributed by atoms with E-state index < -0.39 is 5.91 Å². The first kappa shape index (κ1) is 18.1. The van der Waals surface area contributed by atoms with Crippen LogP contribution in [0.3, 0.4) is 0 Å². The van der Waals surface area contributed by atoms with E-state index in [4.69, 9.17) is 10.00 Å². The van der Waals surface area contributed by atoms with E-state index in [0.29, 0.717) is 22.4 Å². The number of hydrogen-bond acceptors (Lipinski definition) is 4. The first-order valence-corrected chi connectivity index (χ1v) is 7.80.